The number of benzene rings is 2. The molecule has 0 bridgehead atoms. The number of aldehydes is 1. The van der Waals surface area contributed by atoms with Gasteiger partial charge in [-0.3, -0.25) is 4.79 Å². The van der Waals surface area contributed by atoms with Gasteiger partial charge in [0.2, 0.25) is 5.75 Å². The Kier molecular flexibility index (Phi) is 6.22. The molecule has 7 heteroatoms. The zero-order valence-electron chi connectivity index (χ0n) is 13.9. The van der Waals surface area contributed by atoms with Crippen LogP contribution in [0.4, 0.5) is 0 Å². The van der Waals surface area contributed by atoms with E-state index in [1.54, 1.807) is 0 Å². The first-order valence-corrected chi connectivity index (χ1v) is 7.36. The molecule has 2 aromatic rings. The van der Waals surface area contributed by atoms with Crippen molar-refractivity contribution in [3.05, 3.63) is 47.5 Å². The van der Waals surface area contributed by atoms with Gasteiger partial charge in [0, 0.05) is 6.07 Å². The van der Waals surface area contributed by atoms with Crippen LogP contribution in [0.3, 0.4) is 0 Å². The third-order valence-electron chi connectivity index (χ3n) is 3.32. The summed E-state index contributed by atoms with van der Waals surface area (Å²) in [4.78, 5) is 22.2. The van der Waals surface area contributed by atoms with Crippen LogP contribution >= 0.6 is 0 Å². The third kappa shape index (κ3) is 4.41. The van der Waals surface area contributed by atoms with Gasteiger partial charge in [0.25, 0.3) is 0 Å². The minimum absolute atomic E-state index is 0.0395. The van der Waals surface area contributed by atoms with Crippen LogP contribution in [-0.2, 0) is 11.4 Å². The van der Waals surface area contributed by atoms with E-state index in [1.807, 2.05) is 30.3 Å². The summed E-state index contributed by atoms with van der Waals surface area (Å²) in [7, 11) is 2.76. The van der Waals surface area contributed by atoms with E-state index in [-0.39, 0.29) is 35.2 Å². The van der Waals surface area contributed by atoms with Crippen molar-refractivity contribution in [1.82, 2.24) is 0 Å². The highest BCUT2D eigenvalue weighted by molar-refractivity contribution is 5.87. The molecule has 0 radical (unpaired) electrons. The van der Waals surface area contributed by atoms with Crippen molar-refractivity contribution in [1.29, 1.82) is 0 Å². The van der Waals surface area contributed by atoms with Gasteiger partial charge in [-0.2, -0.15) is 0 Å². The van der Waals surface area contributed by atoms with Gasteiger partial charge in [-0.1, -0.05) is 30.3 Å². The van der Waals surface area contributed by atoms with E-state index in [2.05, 4.69) is 0 Å². The van der Waals surface area contributed by atoms with E-state index in [9.17, 15) is 9.59 Å². The Balaban J connectivity index is 2.41. The fraction of sp³-hybridized carbons (Fsp3) is 0.222. The molecule has 0 spiro atoms. The monoisotopic (exact) mass is 346 g/mol. The molecule has 0 amide bonds. The number of carbonyl (C=O) groups excluding carboxylic acids is 1. The molecule has 132 valence electrons. The number of carboxylic acids is 1. The lowest BCUT2D eigenvalue weighted by atomic mass is 10.1. The predicted molar refractivity (Wildman–Crippen MR) is 88.8 cm³/mol. The zero-order valence-corrected chi connectivity index (χ0v) is 13.9. The molecule has 0 aromatic heterocycles. The first-order chi connectivity index (χ1) is 12.1. The number of carboxylic acid groups (broad SMARTS) is 1. The second kappa shape index (κ2) is 8.58. The number of hydrogen-bond donors (Lipinski definition) is 1. The van der Waals surface area contributed by atoms with Gasteiger partial charge in [-0.15, -0.1) is 0 Å². The number of methoxy groups -OCH3 is 2. The van der Waals surface area contributed by atoms with Crippen molar-refractivity contribution < 1.29 is 33.6 Å². The Morgan fingerprint density at radius 2 is 1.76 bits per heavy atom. The quantitative estimate of drug-likeness (QED) is 0.698. The minimum Gasteiger partial charge on any atom is -0.496 e. The Morgan fingerprint density at radius 3 is 2.32 bits per heavy atom. The van der Waals surface area contributed by atoms with Gasteiger partial charge in [0.1, 0.15) is 17.9 Å². The second-order valence-corrected chi connectivity index (χ2v) is 4.93. The van der Waals surface area contributed by atoms with Gasteiger partial charge in [0.15, 0.2) is 24.4 Å². The highest BCUT2D eigenvalue weighted by Crippen LogP contribution is 2.44. The Hall–Kier alpha value is -3.22. The lowest BCUT2D eigenvalue weighted by Crippen LogP contribution is -2.12. The molecule has 0 saturated heterocycles. The Labute approximate surface area is 144 Å². The predicted octanol–water partition coefficient (Wildman–Crippen LogP) is 2.56. The largest absolute Gasteiger partial charge is 0.496 e. The lowest BCUT2D eigenvalue weighted by molar-refractivity contribution is -0.139. The van der Waals surface area contributed by atoms with Crippen LogP contribution in [0.15, 0.2) is 36.4 Å². The number of aliphatic carboxylic acids is 1. The highest BCUT2D eigenvalue weighted by Gasteiger charge is 2.23. The fourth-order valence-corrected chi connectivity index (χ4v) is 2.20. The van der Waals surface area contributed by atoms with Crippen molar-refractivity contribution in [2.24, 2.45) is 0 Å². The normalized spacial score (nSPS) is 10.0. The molecular formula is C18H18O7. The first kappa shape index (κ1) is 18.1. The number of carbonyl (C=O) groups is 2. The van der Waals surface area contributed by atoms with Gasteiger partial charge in [0.05, 0.1) is 14.2 Å². The molecule has 0 unspecified atom stereocenters. The molecule has 0 heterocycles. The van der Waals surface area contributed by atoms with Crippen LogP contribution in [-0.4, -0.2) is 38.2 Å². The summed E-state index contributed by atoms with van der Waals surface area (Å²) < 4.78 is 21.4. The fourth-order valence-electron chi connectivity index (χ4n) is 2.20. The molecule has 0 fully saturated rings. The van der Waals surface area contributed by atoms with Crippen molar-refractivity contribution in [2.45, 2.75) is 6.61 Å². The topological polar surface area (TPSA) is 91.3 Å². The number of ether oxygens (including phenoxy) is 4. The summed E-state index contributed by atoms with van der Waals surface area (Å²) in [5, 5.41) is 8.83. The number of hydrogen-bond acceptors (Lipinski definition) is 6. The van der Waals surface area contributed by atoms with E-state index in [0.29, 0.717) is 6.29 Å². The molecule has 0 saturated carbocycles. The summed E-state index contributed by atoms with van der Waals surface area (Å²) in [6.07, 6.45) is 0.513. The van der Waals surface area contributed by atoms with Crippen LogP contribution in [0.2, 0.25) is 0 Å². The summed E-state index contributed by atoms with van der Waals surface area (Å²) in [6, 6.07) is 10.9. The SMILES string of the molecule is COc1cc(OCc2ccccc2)c(OC)c(OCC(=O)O)c1C=O. The van der Waals surface area contributed by atoms with Crippen LogP contribution in [0.1, 0.15) is 15.9 Å². The first-order valence-electron chi connectivity index (χ1n) is 7.36. The Morgan fingerprint density at radius 1 is 1.04 bits per heavy atom. The van der Waals surface area contributed by atoms with Crippen LogP contribution in [0.25, 0.3) is 0 Å². The average Bonchev–Trinajstić information content (AvgIpc) is 2.64. The zero-order chi connectivity index (χ0) is 18.2. The van der Waals surface area contributed by atoms with E-state index < -0.39 is 12.6 Å². The summed E-state index contributed by atoms with van der Waals surface area (Å²) >= 11 is 0. The van der Waals surface area contributed by atoms with Crippen LogP contribution in [0.5, 0.6) is 23.0 Å². The van der Waals surface area contributed by atoms with E-state index in [0.717, 1.165) is 5.56 Å². The molecule has 2 rings (SSSR count). The Bertz CT molecular complexity index is 741. The molecule has 7 nitrogen and oxygen atoms in total. The number of rotatable bonds is 9. The van der Waals surface area contributed by atoms with Crippen molar-refractivity contribution >= 4 is 12.3 Å². The molecule has 1 N–H and O–H groups in total. The second-order valence-electron chi connectivity index (χ2n) is 4.93. The van der Waals surface area contributed by atoms with Crippen molar-refractivity contribution in [2.75, 3.05) is 20.8 Å². The van der Waals surface area contributed by atoms with Crippen LogP contribution in [0, 0.1) is 0 Å². The van der Waals surface area contributed by atoms with Crippen molar-refractivity contribution in [3.63, 3.8) is 0 Å². The standard InChI is InChI=1S/C18H18O7/c1-22-14-8-15(24-10-12-6-4-3-5-7-12)18(23-2)17(13(14)9-19)25-11-16(20)21/h3-9H,10-11H2,1-2H3,(H,20,21). The molecule has 0 aliphatic carbocycles. The van der Waals surface area contributed by atoms with Gasteiger partial charge >= 0.3 is 5.97 Å². The minimum atomic E-state index is -1.19. The lowest BCUT2D eigenvalue weighted by Gasteiger charge is -2.18. The maximum absolute atomic E-state index is 11.4. The average molecular weight is 346 g/mol. The van der Waals surface area contributed by atoms with Crippen molar-refractivity contribution in [3.8, 4) is 23.0 Å². The highest BCUT2D eigenvalue weighted by atomic mass is 16.5. The molecular weight excluding hydrogens is 328 g/mol. The van der Waals surface area contributed by atoms with Gasteiger partial charge in [-0.25, -0.2) is 4.79 Å². The summed E-state index contributed by atoms with van der Waals surface area (Å²) in [5.74, 6) is -0.635. The summed E-state index contributed by atoms with van der Waals surface area (Å²) in [5.41, 5.74) is 0.976. The molecule has 2 aromatic carbocycles. The molecule has 25 heavy (non-hydrogen) atoms. The summed E-state index contributed by atoms with van der Waals surface area (Å²) in [6.45, 7) is -0.387. The van der Waals surface area contributed by atoms with Gasteiger partial charge in [-0.05, 0) is 5.56 Å². The molecule has 0 aliphatic heterocycles. The maximum atomic E-state index is 11.4. The van der Waals surface area contributed by atoms with Crippen LogP contribution < -0.4 is 18.9 Å². The van der Waals surface area contributed by atoms with Gasteiger partial charge < -0.3 is 24.1 Å². The molecule has 0 aliphatic rings. The van der Waals surface area contributed by atoms with E-state index in [4.69, 9.17) is 24.1 Å². The maximum Gasteiger partial charge on any atom is 0.341 e. The molecule has 0 atom stereocenters. The van der Waals surface area contributed by atoms with E-state index >= 15 is 0 Å². The third-order valence-corrected chi connectivity index (χ3v) is 3.32. The van der Waals surface area contributed by atoms with E-state index in [1.165, 1.54) is 20.3 Å². The smallest absolute Gasteiger partial charge is 0.341 e.